The van der Waals surface area contributed by atoms with E-state index < -0.39 is 0 Å². The maximum atomic E-state index is 10.5. The zero-order valence-corrected chi connectivity index (χ0v) is 16.6. The maximum Gasteiger partial charge on any atom is 0.293 e. The fourth-order valence-electron chi connectivity index (χ4n) is 3.99. The summed E-state index contributed by atoms with van der Waals surface area (Å²) in [5.41, 5.74) is 0. The lowest BCUT2D eigenvalue weighted by atomic mass is 9.74. The van der Waals surface area contributed by atoms with Crippen LogP contribution < -0.4 is 0 Å². The molecule has 1 heterocycles. The molecule has 1 aromatic heterocycles. The molecule has 1 aromatic rings. The Morgan fingerprint density at radius 1 is 1.19 bits per heavy atom. The summed E-state index contributed by atoms with van der Waals surface area (Å²) in [4.78, 5) is 10.5. The van der Waals surface area contributed by atoms with Crippen molar-refractivity contribution in [2.45, 2.75) is 70.5 Å². The Bertz CT molecular complexity index is 547. The summed E-state index contributed by atoms with van der Waals surface area (Å²) < 4.78 is 22.0. The molecule has 5 heteroatoms. The molecule has 0 aromatic carbocycles. The van der Waals surface area contributed by atoms with Crippen LogP contribution in [0, 0.1) is 17.8 Å². The van der Waals surface area contributed by atoms with Crippen molar-refractivity contribution in [2.24, 2.45) is 17.8 Å². The Morgan fingerprint density at radius 2 is 2.00 bits per heavy atom. The van der Waals surface area contributed by atoms with Gasteiger partial charge < -0.3 is 18.6 Å². The summed E-state index contributed by atoms with van der Waals surface area (Å²) in [6.45, 7) is 2.36. The predicted octanol–water partition coefficient (Wildman–Crippen LogP) is 4.52. The number of aryl methyl sites for hydroxylation is 1. The van der Waals surface area contributed by atoms with Gasteiger partial charge in [-0.15, -0.1) is 0 Å². The van der Waals surface area contributed by atoms with Crippen LogP contribution >= 0.6 is 0 Å². The summed E-state index contributed by atoms with van der Waals surface area (Å²) in [7, 11) is 1.61. The van der Waals surface area contributed by atoms with Crippen molar-refractivity contribution in [3.8, 4) is 0 Å². The second-order valence-corrected chi connectivity index (χ2v) is 8.22. The molecule has 5 nitrogen and oxygen atoms in total. The summed E-state index contributed by atoms with van der Waals surface area (Å²) >= 11 is 0. The lowest BCUT2D eigenvalue weighted by Gasteiger charge is -2.33. The van der Waals surface area contributed by atoms with Gasteiger partial charge in [-0.1, -0.05) is 32.1 Å². The highest BCUT2D eigenvalue weighted by molar-refractivity contribution is 5.37. The summed E-state index contributed by atoms with van der Waals surface area (Å²) in [5, 5.41) is 0. The molecule has 2 saturated carbocycles. The molecule has 2 fully saturated rings. The SMILES string of the molecule is COCC(CCCc1ccc(COCC(CC2CC2)C2CCC2)o1)OC=O. The molecule has 0 saturated heterocycles. The van der Waals surface area contributed by atoms with Crippen LogP contribution in [0.1, 0.15) is 62.9 Å². The van der Waals surface area contributed by atoms with Crippen LogP contribution in [0.15, 0.2) is 16.5 Å². The van der Waals surface area contributed by atoms with Crippen molar-refractivity contribution in [1.82, 2.24) is 0 Å². The highest BCUT2D eigenvalue weighted by Crippen LogP contribution is 2.42. The van der Waals surface area contributed by atoms with Gasteiger partial charge in [0.05, 0.1) is 13.2 Å². The number of rotatable bonds is 15. The monoisotopic (exact) mass is 378 g/mol. The van der Waals surface area contributed by atoms with E-state index in [-0.39, 0.29) is 6.10 Å². The number of ether oxygens (including phenoxy) is 3. The molecule has 0 spiro atoms. The number of hydrogen-bond donors (Lipinski definition) is 0. The van der Waals surface area contributed by atoms with Crippen LogP contribution in [0.3, 0.4) is 0 Å². The van der Waals surface area contributed by atoms with Gasteiger partial charge in [0.25, 0.3) is 6.47 Å². The van der Waals surface area contributed by atoms with Crippen molar-refractivity contribution in [3.63, 3.8) is 0 Å². The van der Waals surface area contributed by atoms with E-state index >= 15 is 0 Å². The van der Waals surface area contributed by atoms with E-state index in [1.54, 1.807) is 7.11 Å². The van der Waals surface area contributed by atoms with Crippen molar-refractivity contribution >= 4 is 6.47 Å². The smallest absolute Gasteiger partial charge is 0.293 e. The first-order chi connectivity index (χ1) is 13.3. The van der Waals surface area contributed by atoms with Gasteiger partial charge >= 0.3 is 0 Å². The minimum atomic E-state index is -0.180. The van der Waals surface area contributed by atoms with Gasteiger partial charge in [0.1, 0.15) is 24.2 Å². The molecule has 0 bridgehead atoms. The first-order valence-electron chi connectivity index (χ1n) is 10.5. The number of methoxy groups -OCH3 is 1. The zero-order chi connectivity index (χ0) is 18.9. The van der Waals surface area contributed by atoms with Crippen molar-refractivity contribution < 1.29 is 23.4 Å². The summed E-state index contributed by atoms with van der Waals surface area (Å²) in [6.07, 6.45) is 10.7. The molecule has 0 radical (unpaired) electrons. The quantitative estimate of drug-likeness (QED) is 0.420. The van der Waals surface area contributed by atoms with Gasteiger partial charge in [-0.25, -0.2) is 0 Å². The lowest BCUT2D eigenvalue weighted by Crippen LogP contribution is -2.26. The van der Waals surface area contributed by atoms with Crippen LogP contribution in [0.4, 0.5) is 0 Å². The zero-order valence-electron chi connectivity index (χ0n) is 16.6. The molecule has 3 rings (SSSR count). The Kier molecular flexibility index (Phi) is 8.21. The molecular weight excluding hydrogens is 344 g/mol. The Labute approximate surface area is 162 Å². The van der Waals surface area contributed by atoms with E-state index in [4.69, 9.17) is 18.6 Å². The van der Waals surface area contributed by atoms with Crippen molar-refractivity contribution in [1.29, 1.82) is 0 Å². The Morgan fingerprint density at radius 3 is 2.67 bits per heavy atom. The van der Waals surface area contributed by atoms with Gasteiger partial charge in [0.15, 0.2) is 0 Å². The van der Waals surface area contributed by atoms with Gasteiger partial charge in [-0.3, -0.25) is 4.79 Å². The van der Waals surface area contributed by atoms with Crippen LogP contribution in [0.25, 0.3) is 0 Å². The highest BCUT2D eigenvalue weighted by Gasteiger charge is 2.32. The first-order valence-corrected chi connectivity index (χ1v) is 10.5. The van der Waals surface area contributed by atoms with E-state index in [1.165, 1.54) is 38.5 Å². The Hall–Kier alpha value is -1.33. The topological polar surface area (TPSA) is 57.9 Å². The van der Waals surface area contributed by atoms with Crippen LogP contribution in [0.5, 0.6) is 0 Å². The third-order valence-electron chi connectivity index (χ3n) is 5.99. The molecule has 152 valence electrons. The van der Waals surface area contributed by atoms with Gasteiger partial charge in [0, 0.05) is 13.5 Å². The van der Waals surface area contributed by atoms with E-state index in [1.807, 2.05) is 12.1 Å². The van der Waals surface area contributed by atoms with E-state index in [0.29, 0.717) is 19.7 Å². The highest BCUT2D eigenvalue weighted by atomic mass is 16.6. The molecule has 0 aliphatic heterocycles. The number of carbonyl (C=O) groups excluding carboxylic acids is 1. The third kappa shape index (κ3) is 6.96. The lowest BCUT2D eigenvalue weighted by molar-refractivity contribution is -0.136. The van der Waals surface area contributed by atoms with E-state index in [2.05, 4.69) is 0 Å². The average Bonchev–Trinajstić information content (AvgIpc) is 3.31. The fraction of sp³-hybridized carbons (Fsp3) is 0.773. The molecular formula is C22H34O5. The Balaban J connectivity index is 1.34. The first kappa shape index (κ1) is 20.4. The van der Waals surface area contributed by atoms with Crippen LogP contribution in [-0.2, 0) is 32.0 Å². The van der Waals surface area contributed by atoms with Gasteiger partial charge in [-0.2, -0.15) is 0 Å². The normalized spacial score (nSPS) is 19.4. The summed E-state index contributed by atoms with van der Waals surface area (Å²) in [6, 6.07) is 4.04. The van der Waals surface area contributed by atoms with Crippen molar-refractivity contribution in [2.75, 3.05) is 20.3 Å². The maximum absolute atomic E-state index is 10.5. The second kappa shape index (κ2) is 10.9. The molecule has 2 unspecified atom stereocenters. The molecule has 2 aliphatic carbocycles. The number of hydrogen-bond acceptors (Lipinski definition) is 5. The predicted molar refractivity (Wildman–Crippen MR) is 102 cm³/mol. The molecule has 27 heavy (non-hydrogen) atoms. The molecule has 0 amide bonds. The minimum absolute atomic E-state index is 0.180. The van der Waals surface area contributed by atoms with Crippen LogP contribution in [-0.4, -0.2) is 32.9 Å². The standard InChI is InChI=1S/C22H34O5/c1-24-14-21(26-16-23)7-3-6-20-10-11-22(27-20)15-25-13-19(12-17-8-9-17)18-4-2-5-18/h10-11,16-19,21H,2-9,12-15H2,1H3. The fourth-order valence-corrected chi connectivity index (χ4v) is 3.99. The largest absolute Gasteiger partial charge is 0.464 e. The van der Waals surface area contributed by atoms with E-state index in [0.717, 1.165) is 55.1 Å². The third-order valence-corrected chi connectivity index (χ3v) is 5.99. The number of carbonyl (C=O) groups is 1. The molecule has 0 N–H and O–H groups in total. The molecule has 2 aliphatic rings. The molecule has 2 atom stereocenters. The average molecular weight is 379 g/mol. The van der Waals surface area contributed by atoms with E-state index in [9.17, 15) is 4.79 Å². The second-order valence-electron chi connectivity index (χ2n) is 8.22. The van der Waals surface area contributed by atoms with Crippen LogP contribution in [0.2, 0.25) is 0 Å². The van der Waals surface area contributed by atoms with Gasteiger partial charge in [-0.05, 0) is 49.1 Å². The summed E-state index contributed by atoms with van der Waals surface area (Å²) in [5.74, 6) is 4.48. The minimum Gasteiger partial charge on any atom is -0.464 e. The van der Waals surface area contributed by atoms with Gasteiger partial charge in [0.2, 0.25) is 0 Å². The van der Waals surface area contributed by atoms with Crippen molar-refractivity contribution in [3.05, 3.63) is 23.7 Å². The number of furan rings is 1.